The zero-order valence-corrected chi connectivity index (χ0v) is 9.45. The molecular weight excluding hydrogens is 202 g/mol. The number of methoxy groups -OCH3 is 1. The Balaban J connectivity index is 2.58. The molecule has 2 rings (SSSR count). The number of nitrogens with zero attached hydrogens (tertiary/aromatic N) is 1. The van der Waals surface area contributed by atoms with Crippen LogP contribution in [0.15, 0.2) is 24.4 Å². The molecule has 0 atom stereocenters. The molecule has 0 bridgehead atoms. The quantitative estimate of drug-likeness (QED) is 0.824. The summed E-state index contributed by atoms with van der Waals surface area (Å²) in [7, 11) is 1.66. The van der Waals surface area contributed by atoms with Gasteiger partial charge in [0.15, 0.2) is 0 Å². The molecule has 1 heterocycles. The smallest absolute Gasteiger partial charge is 0.128 e. The van der Waals surface area contributed by atoms with E-state index >= 15 is 0 Å². The van der Waals surface area contributed by atoms with E-state index in [1.807, 2.05) is 19.1 Å². The number of ether oxygens (including phenoxy) is 1. The summed E-state index contributed by atoms with van der Waals surface area (Å²) >= 11 is 0. The van der Waals surface area contributed by atoms with Crippen molar-refractivity contribution in [1.29, 1.82) is 0 Å². The van der Waals surface area contributed by atoms with Gasteiger partial charge in [-0.05, 0) is 19.1 Å². The fourth-order valence-electron chi connectivity index (χ4n) is 1.72. The van der Waals surface area contributed by atoms with E-state index < -0.39 is 0 Å². The number of benzene rings is 1. The van der Waals surface area contributed by atoms with Gasteiger partial charge in [-0.15, -0.1) is 0 Å². The molecule has 0 radical (unpaired) electrons. The molecule has 0 unspecified atom stereocenters. The van der Waals surface area contributed by atoms with Crippen LogP contribution in [-0.2, 0) is 6.54 Å². The van der Waals surface area contributed by atoms with Crippen LogP contribution >= 0.6 is 0 Å². The van der Waals surface area contributed by atoms with Crippen molar-refractivity contribution in [3.05, 3.63) is 35.5 Å². The summed E-state index contributed by atoms with van der Waals surface area (Å²) in [5, 5.41) is 6.98. The number of aryl methyl sites for hydroxylation is 1. The lowest BCUT2D eigenvalue weighted by Crippen LogP contribution is -1.98. The standard InChI is InChI=1S/C12H15N3O/c1-8-3-4-11(16-2)10(5-8)12-9(6-13)7-14-15-12/h3-5,7H,6,13H2,1-2H3,(H,14,15). The fraction of sp³-hybridized carbons (Fsp3) is 0.250. The van der Waals surface area contributed by atoms with Gasteiger partial charge in [0.05, 0.1) is 19.0 Å². The molecule has 0 saturated heterocycles. The minimum atomic E-state index is 0.461. The van der Waals surface area contributed by atoms with Gasteiger partial charge in [0.25, 0.3) is 0 Å². The molecule has 0 spiro atoms. The number of rotatable bonds is 3. The van der Waals surface area contributed by atoms with Gasteiger partial charge in [-0.25, -0.2) is 0 Å². The average Bonchev–Trinajstić information content (AvgIpc) is 2.76. The molecule has 0 aliphatic carbocycles. The first-order valence-electron chi connectivity index (χ1n) is 5.13. The Morgan fingerprint density at radius 2 is 2.25 bits per heavy atom. The first-order valence-corrected chi connectivity index (χ1v) is 5.13. The summed E-state index contributed by atoms with van der Waals surface area (Å²) in [6.07, 6.45) is 1.75. The van der Waals surface area contributed by atoms with Crippen molar-refractivity contribution < 1.29 is 4.74 Å². The van der Waals surface area contributed by atoms with E-state index in [1.165, 1.54) is 5.56 Å². The monoisotopic (exact) mass is 217 g/mol. The lowest BCUT2D eigenvalue weighted by atomic mass is 10.0. The third-order valence-electron chi connectivity index (χ3n) is 2.56. The summed E-state index contributed by atoms with van der Waals surface area (Å²) in [5.74, 6) is 0.824. The minimum absolute atomic E-state index is 0.461. The number of hydrogen-bond donors (Lipinski definition) is 2. The van der Waals surface area contributed by atoms with E-state index in [-0.39, 0.29) is 0 Å². The highest BCUT2D eigenvalue weighted by Crippen LogP contribution is 2.31. The molecule has 0 amide bonds. The van der Waals surface area contributed by atoms with Gasteiger partial charge in [0.1, 0.15) is 5.75 Å². The zero-order chi connectivity index (χ0) is 11.5. The molecule has 0 fully saturated rings. The van der Waals surface area contributed by atoms with Gasteiger partial charge in [-0.3, -0.25) is 5.10 Å². The number of nitrogens with one attached hydrogen (secondary N) is 1. The lowest BCUT2D eigenvalue weighted by Gasteiger charge is -2.09. The highest BCUT2D eigenvalue weighted by molar-refractivity contribution is 5.70. The highest BCUT2D eigenvalue weighted by atomic mass is 16.5. The lowest BCUT2D eigenvalue weighted by molar-refractivity contribution is 0.416. The molecule has 4 nitrogen and oxygen atoms in total. The third-order valence-corrected chi connectivity index (χ3v) is 2.56. The Morgan fingerprint density at radius 3 is 2.94 bits per heavy atom. The molecule has 84 valence electrons. The molecule has 0 aliphatic rings. The molecule has 4 heteroatoms. The van der Waals surface area contributed by atoms with Gasteiger partial charge in [0, 0.05) is 17.7 Å². The third kappa shape index (κ3) is 1.79. The number of aromatic nitrogens is 2. The number of aromatic amines is 1. The fourth-order valence-corrected chi connectivity index (χ4v) is 1.72. The molecule has 1 aromatic carbocycles. The van der Waals surface area contributed by atoms with E-state index in [1.54, 1.807) is 13.3 Å². The summed E-state index contributed by atoms with van der Waals surface area (Å²) in [5.41, 5.74) is 9.76. The number of H-pyrrole nitrogens is 1. The van der Waals surface area contributed by atoms with Crippen LogP contribution in [-0.4, -0.2) is 17.3 Å². The maximum atomic E-state index is 5.66. The Labute approximate surface area is 94.4 Å². The molecular formula is C12H15N3O. The van der Waals surface area contributed by atoms with Gasteiger partial charge >= 0.3 is 0 Å². The van der Waals surface area contributed by atoms with Gasteiger partial charge in [-0.2, -0.15) is 5.10 Å². The van der Waals surface area contributed by atoms with Crippen LogP contribution in [0.3, 0.4) is 0 Å². The van der Waals surface area contributed by atoms with Crippen LogP contribution in [0.4, 0.5) is 0 Å². The summed E-state index contributed by atoms with van der Waals surface area (Å²) in [4.78, 5) is 0. The maximum Gasteiger partial charge on any atom is 0.128 e. The zero-order valence-electron chi connectivity index (χ0n) is 9.45. The highest BCUT2D eigenvalue weighted by Gasteiger charge is 2.11. The first-order chi connectivity index (χ1) is 7.76. The molecule has 1 aromatic heterocycles. The molecule has 2 aromatic rings. The topological polar surface area (TPSA) is 63.9 Å². The average molecular weight is 217 g/mol. The van der Waals surface area contributed by atoms with Crippen LogP contribution in [0.25, 0.3) is 11.3 Å². The van der Waals surface area contributed by atoms with Crippen molar-refractivity contribution >= 4 is 0 Å². The Kier molecular flexibility index (Phi) is 2.92. The second-order valence-corrected chi connectivity index (χ2v) is 3.68. The number of hydrogen-bond acceptors (Lipinski definition) is 3. The van der Waals surface area contributed by atoms with Crippen molar-refractivity contribution in [2.45, 2.75) is 13.5 Å². The Hall–Kier alpha value is -1.81. The van der Waals surface area contributed by atoms with E-state index in [0.717, 1.165) is 22.6 Å². The van der Waals surface area contributed by atoms with Crippen LogP contribution in [0.1, 0.15) is 11.1 Å². The summed E-state index contributed by atoms with van der Waals surface area (Å²) in [6.45, 7) is 2.50. The van der Waals surface area contributed by atoms with E-state index in [2.05, 4.69) is 16.3 Å². The predicted molar refractivity (Wildman–Crippen MR) is 63.2 cm³/mol. The SMILES string of the molecule is COc1ccc(C)cc1-c1[nH]ncc1CN. The van der Waals surface area contributed by atoms with Crippen molar-refractivity contribution in [3.63, 3.8) is 0 Å². The normalized spacial score (nSPS) is 10.4. The predicted octanol–water partition coefficient (Wildman–Crippen LogP) is 1.85. The summed E-state index contributed by atoms with van der Waals surface area (Å²) < 4.78 is 5.34. The maximum absolute atomic E-state index is 5.66. The van der Waals surface area contributed by atoms with Crippen LogP contribution < -0.4 is 10.5 Å². The van der Waals surface area contributed by atoms with E-state index in [0.29, 0.717) is 6.54 Å². The van der Waals surface area contributed by atoms with Crippen molar-refractivity contribution in [2.75, 3.05) is 7.11 Å². The van der Waals surface area contributed by atoms with Gasteiger partial charge in [-0.1, -0.05) is 11.6 Å². The van der Waals surface area contributed by atoms with Crippen LogP contribution in [0.2, 0.25) is 0 Å². The van der Waals surface area contributed by atoms with Crippen LogP contribution in [0, 0.1) is 6.92 Å². The van der Waals surface area contributed by atoms with Crippen molar-refractivity contribution in [1.82, 2.24) is 10.2 Å². The van der Waals surface area contributed by atoms with Crippen LogP contribution in [0.5, 0.6) is 5.75 Å². The second kappa shape index (κ2) is 4.37. The first kappa shape index (κ1) is 10.7. The van der Waals surface area contributed by atoms with Crippen molar-refractivity contribution in [2.24, 2.45) is 5.73 Å². The minimum Gasteiger partial charge on any atom is -0.496 e. The Bertz CT molecular complexity index is 491. The van der Waals surface area contributed by atoms with Gasteiger partial charge < -0.3 is 10.5 Å². The molecule has 3 N–H and O–H groups in total. The Morgan fingerprint density at radius 1 is 1.44 bits per heavy atom. The van der Waals surface area contributed by atoms with E-state index in [4.69, 9.17) is 10.5 Å². The summed E-state index contributed by atoms with van der Waals surface area (Å²) in [6, 6.07) is 6.03. The molecule has 0 saturated carbocycles. The second-order valence-electron chi connectivity index (χ2n) is 3.68. The molecule has 16 heavy (non-hydrogen) atoms. The molecule has 0 aliphatic heterocycles. The number of nitrogens with two attached hydrogens (primary N) is 1. The largest absolute Gasteiger partial charge is 0.496 e. The van der Waals surface area contributed by atoms with E-state index in [9.17, 15) is 0 Å². The van der Waals surface area contributed by atoms with Gasteiger partial charge in [0.2, 0.25) is 0 Å². The van der Waals surface area contributed by atoms with Crippen molar-refractivity contribution in [3.8, 4) is 17.0 Å².